The first-order chi connectivity index (χ1) is 12.4. The van der Waals surface area contributed by atoms with Gasteiger partial charge in [0, 0.05) is 21.1 Å². The molecule has 0 aliphatic carbocycles. The molecule has 0 saturated carbocycles. The number of amides is 1. The molecule has 0 saturated heterocycles. The van der Waals surface area contributed by atoms with Crippen LogP contribution in [0.15, 0.2) is 51.4 Å². The summed E-state index contributed by atoms with van der Waals surface area (Å²) in [5, 5.41) is 14.2. The van der Waals surface area contributed by atoms with Gasteiger partial charge in [0.25, 0.3) is 5.91 Å². The van der Waals surface area contributed by atoms with Gasteiger partial charge in [0.1, 0.15) is 0 Å². The number of furan rings is 1. The highest BCUT2D eigenvalue weighted by Crippen LogP contribution is 2.41. The van der Waals surface area contributed by atoms with Gasteiger partial charge < -0.3 is 19.6 Å². The van der Waals surface area contributed by atoms with Crippen molar-refractivity contribution in [2.45, 2.75) is 12.0 Å². The van der Waals surface area contributed by atoms with Crippen molar-refractivity contribution in [1.82, 2.24) is 0 Å². The van der Waals surface area contributed by atoms with E-state index < -0.39 is 23.7 Å². The van der Waals surface area contributed by atoms with Gasteiger partial charge in [-0.25, -0.2) is 0 Å². The van der Waals surface area contributed by atoms with E-state index in [1.807, 2.05) is 0 Å². The number of ketones is 1. The number of hydrogen-bond acceptors (Lipinski definition) is 5. The molecular formula is C19H14BrNO5. The first kappa shape index (κ1) is 16.8. The summed E-state index contributed by atoms with van der Waals surface area (Å²) < 4.78 is 11.6. The van der Waals surface area contributed by atoms with Crippen LogP contribution in [0.25, 0.3) is 11.0 Å². The van der Waals surface area contributed by atoms with Crippen molar-refractivity contribution in [1.29, 1.82) is 0 Å². The number of nitrogens with one attached hydrogen (secondary N) is 1. The van der Waals surface area contributed by atoms with Crippen LogP contribution < -0.4 is 10.1 Å². The van der Waals surface area contributed by atoms with Crippen LogP contribution in [0.3, 0.4) is 0 Å². The number of halogens is 1. The minimum Gasteiger partial charge on any atom is -0.493 e. The molecule has 2 aromatic carbocycles. The molecule has 1 aliphatic heterocycles. The zero-order valence-corrected chi connectivity index (χ0v) is 15.3. The number of carbonyl (C=O) groups excluding carboxylic acids is 2. The van der Waals surface area contributed by atoms with Crippen molar-refractivity contribution in [3.8, 4) is 5.75 Å². The van der Waals surface area contributed by atoms with Gasteiger partial charge in [-0.15, -0.1) is 0 Å². The molecule has 132 valence electrons. The fourth-order valence-corrected chi connectivity index (χ4v) is 3.51. The van der Waals surface area contributed by atoms with Gasteiger partial charge in [-0.3, -0.25) is 9.59 Å². The molecule has 1 aromatic heterocycles. The lowest BCUT2D eigenvalue weighted by Crippen LogP contribution is -2.36. The van der Waals surface area contributed by atoms with E-state index >= 15 is 0 Å². The summed E-state index contributed by atoms with van der Waals surface area (Å²) in [6.45, 7) is 0. The van der Waals surface area contributed by atoms with Crippen LogP contribution in [-0.2, 0) is 10.4 Å². The molecular weight excluding hydrogens is 402 g/mol. The van der Waals surface area contributed by atoms with Gasteiger partial charge in [0.05, 0.1) is 13.5 Å². The lowest BCUT2D eigenvalue weighted by Gasteiger charge is -2.19. The van der Waals surface area contributed by atoms with E-state index in [1.165, 1.54) is 7.11 Å². The van der Waals surface area contributed by atoms with Gasteiger partial charge in [0.15, 0.2) is 22.7 Å². The van der Waals surface area contributed by atoms with Gasteiger partial charge in [-0.05, 0) is 30.3 Å². The summed E-state index contributed by atoms with van der Waals surface area (Å²) in [4.78, 5) is 25.1. The predicted molar refractivity (Wildman–Crippen MR) is 98.4 cm³/mol. The minimum atomic E-state index is -1.95. The third-order valence-electron chi connectivity index (χ3n) is 4.47. The molecule has 0 spiro atoms. The SMILES string of the molecule is COc1cccc2cc(C(=O)CC3(O)C(=O)Nc4ccc(Br)cc43)oc12. The number of ether oxygens (including phenoxy) is 1. The number of rotatable bonds is 4. The molecule has 0 fully saturated rings. The summed E-state index contributed by atoms with van der Waals surface area (Å²) in [6, 6.07) is 11.9. The molecule has 1 aliphatic rings. The van der Waals surface area contributed by atoms with E-state index in [9.17, 15) is 14.7 Å². The average Bonchev–Trinajstić information content (AvgIpc) is 3.16. The molecule has 0 bridgehead atoms. The van der Waals surface area contributed by atoms with E-state index in [0.29, 0.717) is 32.4 Å². The van der Waals surface area contributed by atoms with Crippen molar-refractivity contribution in [2.75, 3.05) is 12.4 Å². The molecule has 3 aromatic rings. The lowest BCUT2D eigenvalue weighted by atomic mass is 9.89. The summed E-state index contributed by atoms with van der Waals surface area (Å²) in [7, 11) is 1.51. The van der Waals surface area contributed by atoms with Crippen molar-refractivity contribution >= 4 is 44.3 Å². The maximum Gasteiger partial charge on any atom is 0.261 e. The normalized spacial score (nSPS) is 18.7. The molecule has 2 heterocycles. The third-order valence-corrected chi connectivity index (χ3v) is 4.96. The number of Topliss-reactive ketones (excluding diaryl/α,β-unsaturated/α-hetero) is 1. The summed E-state index contributed by atoms with van der Waals surface area (Å²) >= 11 is 3.32. The molecule has 7 heteroatoms. The number of hydrogen-bond donors (Lipinski definition) is 2. The highest BCUT2D eigenvalue weighted by molar-refractivity contribution is 9.10. The summed E-state index contributed by atoms with van der Waals surface area (Å²) in [5.41, 5.74) is -0.651. The van der Waals surface area contributed by atoms with Gasteiger partial charge in [-0.1, -0.05) is 28.1 Å². The largest absolute Gasteiger partial charge is 0.493 e. The van der Waals surface area contributed by atoms with Gasteiger partial charge >= 0.3 is 0 Å². The quantitative estimate of drug-likeness (QED) is 0.635. The molecule has 4 rings (SSSR count). The topological polar surface area (TPSA) is 88.8 Å². The zero-order chi connectivity index (χ0) is 18.5. The second-order valence-corrected chi connectivity index (χ2v) is 7.01. The standard InChI is InChI=1S/C19H14BrNO5/c1-25-15-4-2-3-10-7-16(26-17(10)15)14(22)9-19(24)12-8-11(20)5-6-13(12)21-18(19)23/h2-8,24H,9H2,1H3,(H,21,23). The van der Waals surface area contributed by atoms with E-state index in [4.69, 9.17) is 9.15 Å². The van der Waals surface area contributed by atoms with E-state index in [1.54, 1.807) is 42.5 Å². The van der Waals surface area contributed by atoms with Crippen LogP contribution >= 0.6 is 15.9 Å². The third kappa shape index (κ3) is 2.51. The second-order valence-electron chi connectivity index (χ2n) is 6.09. The first-order valence-corrected chi connectivity index (χ1v) is 8.65. The summed E-state index contributed by atoms with van der Waals surface area (Å²) in [5.74, 6) is -0.538. The van der Waals surface area contributed by atoms with E-state index in [0.717, 1.165) is 0 Å². The molecule has 1 atom stereocenters. The average molecular weight is 416 g/mol. The fourth-order valence-electron chi connectivity index (χ4n) is 3.15. The van der Waals surface area contributed by atoms with Crippen LogP contribution in [0.1, 0.15) is 22.5 Å². The Balaban J connectivity index is 1.71. The van der Waals surface area contributed by atoms with Crippen molar-refractivity contribution in [2.24, 2.45) is 0 Å². The predicted octanol–water partition coefficient (Wildman–Crippen LogP) is 3.62. The van der Waals surface area contributed by atoms with Crippen LogP contribution in [0.4, 0.5) is 5.69 Å². The first-order valence-electron chi connectivity index (χ1n) is 7.86. The molecule has 1 unspecified atom stereocenters. The van der Waals surface area contributed by atoms with Crippen molar-refractivity contribution in [3.63, 3.8) is 0 Å². The van der Waals surface area contributed by atoms with Gasteiger partial charge in [-0.2, -0.15) is 0 Å². The van der Waals surface area contributed by atoms with Crippen LogP contribution in [0, 0.1) is 0 Å². The number of benzene rings is 2. The molecule has 6 nitrogen and oxygen atoms in total. The van der Waals surface area contributed by atoms with E-state index in [-0.39, 0.29) is 5.76 Å². The Hall–Kier alpha value is -2.64. The Labute approximate surface area is 156 Å². The highest BCUT2D eigenvalue weighted by atomic mass is 79.9. The van der Waals surface area contributed by atoms with Crippen molar-refractivity contribution < 1.29 is 23.8 Å². The maximum absolute atomic E-state index is 12.7. The minimum absolute atomic E-state index is 0.0640. The molecule has 2 N–H and O–H groups in total. The molecule has 26 heavy (non-hydrogen) atoms. The molecule has 1 amide bonds. The van der Waals surface area contributed by atoms with Crippen molar-refractivity contribution in [3.05, 3.63) is 58.3 Å². The van der Waals surface area contributed by atoms with Crippen LogP contribution in [-0.4, -0.2) is 23.9 Å². The number of aliphatic hydroxyl groups is 1. The Bertz CT molecular complexity index is 1060. The zero-order valence-electron chi connectivity index (χ0n) is 13.7. The number of anilines is 1. The van der Waals surface area contributed by atoms with E-state index in [2.05, 4.69) is 21.2 Å². The summed E-state index contributed by atoms with van der Waals surface area (Å²) in [6.07, 6.45) is -0.426. The number of fused-ring (bicyclic) bond motifs is 2. The smallest absolute Gasteiger partial charge is 0.261 e. The highest BCUT2D eigenvalue weighted by Gasteiger charge is 2.47. The van der Waals surface area contributed by atoms with Crippen LogP contribution in [0.2, 0.25) is 0 Å². The monoisotopic (exact) mass is 415 g/mol. The Morgan fingerprint density at radius 2 is 2.12 bits per heavy atom. The number of methoxy groups -OCH3 is 1. The molecule has 0 radical (unpaired) electrons. The Kier molecular flexibility index (Phi) is 3.86. The lowest BCUT2D eigenvalue weighted by molar-refractivity contribution is -0.133. The number of carbonyl (C=O) groups is 2. The fraction of sp³-hybridized carbons (Fsp3) is 0.158. The second kappa shape index (κ2) is 5.96. The number of para-hydroxylation sites is 1. The van der Waals surface area contributed by atoms with Gasteiger partial charge in [0.2, 0.25) is 5.78 Å². The Morgan fingerprint density at radius 1 is 1.31 bits per heavy atom. The maximum atomic E-state index is 12.7. The van der Waals surface area contributed by atoms with Crippen LogP contribution in [0.5, 0.6) is 5.75 Å². The Morgan fingerprint density at radius 3 is 2.88 bits per heavy atom.